The van der Waals surface area contributed by atoms with Gasteiger partial charge in [0, 0.05) is 38.3 Å². The Morgan fingerprint density at radius 1 is 1.42 bits per heavy atom. The smallest absolute Gasteiger partial charge is 0.223 e. The first-order chi connectivity index (χ1) is 11.6. The Morgan fingerprint density at radius 2 is 2.25 bits per heavy atom. The molecule has 0 saturated heterocycles. The van der Waals surface area contributed by atoms with E-state index in [2.05, 4.69) is 23.2 Å². The maximum absolute atomic E-state index is 12.5. The average Bonchev–Trinajstić information content (AvgIpc) is 3.12. The Balaban J connectivity index is 1.34. The van der Waals surface area contributed by atoms with Gasteiger partial charge in [0.1, 0.15) is 17.3 Å². The molecule has 1 saturated carbocycles. The van der Waals surface area contributed by atoms with Gasteiger partial charge >= 0.3 is 0 Å². The van der Waals surface area contributed by atoms with Gasteiger partial charge in [0.05, 0.1) is 5.69 Å². The fourth-order valence-corrected chi connectivity index (χ4v) is 3.39. The maximum Gasteiger partial charge on any atom is 0.223 e. The van der Waals surface area contributed by atoms with Crippen molar-refractivity contribution in [1.82, 2.24) is 15.1 Å². The summed E-state index contributed by atoms with van der Waals surface area (Å²) in [5, 5.41) is 7.99. The molecule has 6 heteroatoms. The number of carbonyl (C=O) groups excluding carboxylic acids is 1. The zero-order valence-electron chi connectivity index (χ0n) is 13.9. The van der Waals surface area contributed by atoms with Crippen molar-refractivity contribution in [1.29, 1.82) is 0 Å². The molecule has 1 amide bonds. The number of furan rings is 1. The highest BCUT2D eigenvalue weighted by Crippen LogP contribution is 2.47. The van der Waals surface area contributed by atoms with Crippen molar-refractivity contribution in [2.45, 2.75) is 45.1 Å². The predicted octanol–water partition coefficient (Wildman–Crippen LogP) is 2.29. The van der Waals surface area contributed by atoms with E-state index in [1.165, 1.54) is 6.42 Å². The molecule has 2 unspecified atom stereocenters. The fraction of sp³-hybridized carbons (Fsp3) is 0.500. The summed E-state index contributed by atoms with van der Waals surface area (Å²) in [6, 6.07) is 5.89. The predicted molar refractivity (Wildman–Crippen MR) is 89.1 cm³/mol. The number of rotatable bonds is 4. The van der Waals surface area contributed by atoms with Crippen molar-refractivity contribution in [3.8, 4) is 0 Å². The van der Waals surface area contributed by atoms with E-state index in [1.54, 1.807) is 0 Å². The summed E-state index contributed by atoms with van der Waals surface area (Å²) in [7, 11) is 0. The van der Waals surface area contributed by atoms with Crippen LogP contribution in [0.1, 0.15) is 48.5 Å². The molecular weight excluding hydrogens is 304 g/mol. The summed E-state index contributed by atoms with van der Waals surface area (Å²) in [4.78, 5) is 14.4. The lowest BCUT2D eigenvalue weighted by atomic mass is 10.1. The minimum Gasteiger partial charge on any atom is -0.466 e. The lowest BCUT2D eigenvalue weighted by Gasteiger charge is -2.28. The Kier molecular flexibility index (Phi) is 3.75. The molecule has 0 radical (unpaired) electrons. The number of nitrogen functional groups attached to an aromatic ring is 1. The van der Waals surface area contributed by atoms with Crippen LogP contribution in [-0.2, 0) is 24.2 Å². The molecule has 1 fully saturated rings. The monoisotopic (exact) mass is 326 g/mol. The van der Waals surface area contributed by atoms with Gasteiger partial charge < -0.3 is 15.1 Å². The number of amides is 1. The van der Waals surface area contributed by atoms with Crippen molar-refractivity contribution < 1.29 is 9.21 Å². The highest BCUT2D eigenvalue weighted by Gasteiger charge is 2.36. The van der Waals surface area contributed by atoms with Crippen LogP contribution in [0.25, 0.3) is 0 Å². The third-order valence-electron chi connectivity index (χ3n) is 5.05. The van der Waals surface area contributed by atoms with Crippen LogP contribution in [0, 0.1) is 5.92 Å². The number of nitrogens with two attached hydrogens (primary N) is 1. The van der Waals surface area contributed by atoms with E-state index >= 15 is 0 Å². The Bertz CT molecular complexity index is 770. The molecule has 0 bridgehead atoms. The summed E-state index contributed by atoms with van der Waals surface area (Å²) in [6.07, 6.45) is 3.07. The van der Waals surface area contributed by atoms with Gasteiger partial charge in [0.2, 0.25) is 5.91 Å². The lowest BCUT2D eigenvalue weighted by Crippen LogP contribution is -2.36. The Hall–Kier alpha value is -2.37. The number of hydrogen-bond acceptors (Lipinski definition) is 5. The van der Waals surface area contributed by atoms with Gasteiger partial charge in [-0.3, -0.25) is 4.79 Å². The largest absolute Gasteiger partial charge is 0.466 e. The fourth-order valence-electron chi connectivity index (χ4n) is 3.39. The van der Waals surface area contributed by atoms with Gasteiger partial charge in [0.25, 0.3) is 0 Å². The van der Waals surface area contributed by atoms with Gasteiger partial charge in [-0.05, 0) is 36.1 Å². The minimum atomic E-state index is 0.147. The highest BCUT2D eigenvalue weighted by molar-refractivity contribution is 5.76. The summed E-state index contributed by atoms with van der Waals surface area (Å²) in [5.41, 5.74) is 7.64. The van der Waals surface area contributed by atoms with Crippen LogP contribution in [0.3, 0.4) is 0 Å². The lowest BCUT2D eigenvalue weighted by molar-refractivity contribution is -0.132. The second-order valence-electron chi connectivity index (χ2n) is 6.93. The normalized spacial score (nSPS) is 22.3. The number of fused-ring (bicyclic) bond motifs is 1. The minimum absolute atomic E-state index is 0.147. The van der Waals surface area contributed by atoms with Crippen molar-refractivity contribution in [3.63, 3.8) is 0 Å². The third kappa shape index (κ3) is 3.00. The molecule has 24 heavy (non-hydrogen) atoms. The van der Waals surface area contributed by atoms with E-state index < -0.39 is 0 Å². The topological polar surface area (TPSA) is 85.2 Å². The van der Waals surface area contributed by atoms with E-state index in [4.69, 9.17) is 10.2 Å². The molecule has 2 atom stereocenters. The summed E-state index contributed by atoms with van der Waals surface area (Å²) in [6.45, 7) is 3.49. The van der Waals surface area contributed by atoms with Crippen LogP contribution >= 0.6 is 0 Å². The third-order valence-corrected chi connectivity index (χ3v) is 5.05. The number of carbonyl (C=O) groups is 1. The van der Waals surface area contributed by atoms with E-state index in [-0.39, 0.29) is 5.91 Å². The zero-order valence-corrected chi connectivity index (χ0v) is 13.9. The quantitative estimate of drug-likeness (QED) is 0.932. The zero-order chi connectivity index (χ0) is 16.7. The number of aromatic nitrogens is 2. The molecule has 1 aliphatic heterocycles. The Labute approximate surface area is 141 Å². The number of nitrogens with zero attached hydrogens (tertiary/aromatic N) is 3. The average molecular weight is 326 g/mol. The van der Waals surface area contributed by atoms with E-state index in [0.29, 0.717) is 37.7 Å². The number of aryl methyl sites for hydroxylation is 1. The SMILES string of the molecule is CC1CC1c1ccc(CCC(=O)N2CCc3nnc(N)cc3C2)o1. The molecule has 6 nitrogen and oxygen atoms in total. The standard InChI is InChI=1S/C18H22N4O2/c1-11-8-14(11)16-4-2-13(24-16)3-5-18(23)22-7-6-15-12(10-22)9-17(19)21-20-15/h2,4,9,11,14H,3,5-8,10H2,1H3,(H2,19,21). The van der Waals surface area contributed by atoms with Crippen molar-refractivity contribution in [2.75, 3.05) is 12.3 Å². The molecule has 0 spiro atoms. The van der Waals surface area contributed by atoms with Gasteiger partial charge in [-0.1, -0.05) is 6.92 Å². The van der Waals surface area contributed by atoms with Crippen molar-refractivity contribution >= 4 is 11.7 Å². The molecule has 0 aromatic carbocycles. The van der Waals surface area contributed by atoms with Crippen LogP contribution in [-0.4, -0.2) is 27.5 Å². The first-order valence-electron chi connectivity index (χ1n) is 8.57. The van der Waals surface area contributed by atoms with Gasteiger partial charge in [0.15, 0.2) is 0 Å². The van der Waals surface area contributed by atoms with Gasteiger partial charge in [-0.25, -0.2) is 0 Å². The number of anilines is 1. The van der Waals surface area contributed by atoms with Crippen LogP contribution < -0.4 is 5.73 Å². The molecule has 2 aliphatic rings. The van der Waals surface area contributed by atoms with Gasteiger partial charge in [-0.2, -0.15) is 5.10 Å². The molecular formula is C18H22N4O2. The van der Waals surface area contributed by atoms with Crippen LogP contribution in [0.15, 0.2) is 22.6 Å². The summed E-state index contributed by atoms with van der Waals surface area (Å²) in [5.74, 6) is 3.85. The Morgan fingerprint density at radius 3 is 3.04 bits per heavy atom. The van der Waals surface area contributed by atoms with Crippen molar-refractivity contribution in [3.05, 3.63) is 41.0 Å². The molecule has 126 valence electrons. The molecule has 1 aliphatic carbocycles. The number of hydrogen-bond donors (Lipinski definition) is 1. The van der Waals surface area contributed by atoms with Gasteiger partial charge in [-0.15, -0.1) is 5.10 Å². The molecule has 3 heterocycles. The first-order valence-corrected chi connectivity index (χ1v) is 8.57. The summed E-state index contributed by atoms with van der Waals surface area (Å²) >= 11 is 0. The molecule has 2 aromatic heterocycles. The van der Waals surface area contributed by atoms with E-state index in [0.717, 1.165) is 35.1 Å². The van der Waals surface area contributed by atoms with E-state index in [1.807, 2.05) is 17.0 Å². The molecule has 2 N–H and O–H groups in total. The van der Waals surface area contributed by atoms with Crippen LogP contribution in [0.4, 0.5) is 5.82 Å². The summed E-state index contributed by atoms with van der Waals surface area (Å²) < 4.78 is 5.88. The molecule has 2 aromatic rings. The second-order valence-corrected chi connectivity index (χ2v) is 6.93. The molecule has 4 rings (SSSR count). The highest BCUT2D eigenvalue weighted by atomic mass is 16.3. The van der Waals surface area contributed by atoms with Crippen molar-refractivity contribution in [2.24, 2.45) is 5.92 Å². The van der Waals surface area contributed by atoms with Crippen LogP contribution in [0.5, 0.6) is 0 Å². The second kappa shape index (κ2) is 5.92. The first kappa shape index (κ1) is 15.2. The van der Waals surface area contributed by atoms with E-state index in [9.17, 15) is 4.79 Å². The van der Waals surface area contributed by atoms with Crippen LogP contribution in [0.2, 0.25) is 0 Å². The maximum atomic E-state index is 12.5.